The molecule has 19 heavy (non-hydrogen) atoms. The standard InChI is InChI=1S/C13H16N4O2/c1-2-5-17-13(10(7-14)15-16-17)9-3-4-11-12(6-9)19-8-18-11/h3-4,6H,2,5,7-8,14H2,1H3. The van der Waals surface area contributed by atoms with Crippen LogP contribution < -0.4 is 15.2 Å². The number of ether oxygens (including phenoxy) is 2. The van der Waals surface area contributed by atoms with E-state index in [0.29, 0.717) is 6.54 Å². The number of rotatable bonds is 4. The van der Waals surface area contributed by atoms with Crippen molar-refractivity contribution in [1.82, 2.24) is 15.0 Å². The van der Waals surface area contributed by atoms with Gasteiger partial charge in [0.25, 0.3) is 0 Å². The van der Waals surface area contributed by atoms with Gasteiger partial charge in [-0.1, -0.05) is 12.1 Å². The van der Waals surface area contributed by atoms with E-state index in [4.69, 9.17) is 15.2 Å². The number of aryl methyl sites for hydroxylation is 1. The van der Waals surface area contributed by atoms with Crippen molar-refractivity contribution in [3.63, 3.8) is 0 Å². The fourth-order valence-electron chi connectivity index (χ4n) is 2.21. The molecule has 1 aromatic heterocycles. The second-order valence-electron chi connectivity index (χ2n) is 4.38. The first-order valence-corrected chi connectivity index (χ1v) is 6.36. The van der Waals surface area contributed by atoms with E-state index in [1.807, 2.05) is 22.9 Å². The van der Waals surface area contributed by atoms with Crippen LogP contribution in [-0.2, 0) is 13.1 Å². The maximum Gasteiger partial charge on any atom is 0.231 e. The van der Waals surface area contributed by atoms with Crippen LogP contribution in [0.15, 0.2) is 18.2 Å². The van der Waals surface area contributed by atoms with Gasteiger partial charge >= 0.3 is 0 Å². The topological polar surface area (TPSA) is 75.2 Å². The molecule has 2 heterocycles. The molecule has 0 radical (unpaired) electrons. The van der Waals surface area contributed by atoms with Crippen LogP contribution in [0.25, 0.3) is 11.3 Å². The Hall–Kier alpha value is -2.08. The lowest BCUT2D eigenvalue weighted by Gasteiger charge is -2.07. The van der Waals surface area contributed by atoms with Crippen molar-refractivity contribution < 1.29 is 9.47 Å². The smallest absolute Gasteiger partial charge is 0.231 e. The first-order chi connectivity index (χ1) is 9.33. The van der Waals surface area contributed by atoms with E-state index in [9.17, 15) is 0 Å². The minimum atomic E-state index is 0.273. The Kier molecular flexibility index (Phi) is 3.08. The fraction of sp³-hybridized carbons (Fsp3) is 0.385. The molecule has 0 unspecified atom stereocenters. The van der Waals surface area contributed by atoms with E-state index < -0.39 is 0 Å². The van der Waals surface area contributed by atoms with Crippen LogP contribution in [0.3, 0.4) is 0 Å². The van der Waals surface area contributed by atoms with Gasteiger partial charge in [0.05, 0.1) is 5.69 Å². The summed E-state index contributed by atoms with van der Waals surface area (Å²) in [4.78, 5) is 0. The summed E-state index contributed by atoms with van der Waals surface area (Å²) in [5, 5.41) is 8.30. The van der Waals surface area contributed by atoms with Crippen LogP contribution in [0, 0.1) is 0 Å². The summed E-state index contributed by atoms with van der Waals surface area (Å²) in [6, 6.07) is 5.84. The third kappa shape index (κ3) is 2.04. The largest absolute Gasteiger partial charge is 0.454 e. The lowest BCUT2D eigenvalue weighted by Crippen LogP contribution is -2.04. The molecule has 2 N–H and O–H groups in total. The number of nitrogens with two attached hydrogens (primary N) is 1. The van der Waals surface area contributed by atoms with Gasteiger partial charge in [-0.3, -0.25) is 0 Å². The third-order valence-corrected chi connectivity index (χ3v) is 3.08. The molecule has 0 saturated carbocycles. The molecule has 0 aliphatic carbocycles. The molecule has 1 aliphatic heterocycles. The zero-order valence-electron chi connectivity index (χ0n) is 10.8. The van der Waals surface area contributed by atoms with Gasteiger partial charge < -0.3 is 15.2 Å². The highest BCUT2D eigenvalue weighted by Gasteiger charge is 2.18. The van der Waals surface area contributed by atoms with E-state index in [1.54, 1.807) is 0 Å². The number of fused-ring (bicyclic) bond motifs is 1. The molecule has 3 rings (SSSR count). The number of aromatic nitrogens is 3. The molecule has 1 aliphatic rings. The number of nitrogens with zero attached hydrogens (tertiary/aromatic N) is 3. The van der Waals surface area contributed by atoms with Crippen molar-refractivity contribution in [2.45, 2.75) is 26.4 Å². The summed E-state index contributed by atoms with van der Waals surface area (Å²) in [5.74, 6) is 1.53. The average Bonchev–Trinajstić information content (AvgIpc) is 3.04. The van der Waals surface area contributed by atoms with Crippen molar-refractivity contribution >= 4 is 0 Å². The third-order valence-electron chi connectivity index (χ3n) is 3.08. The van der Waals surface area contributed by atoms with Crippen molar-refractivity contribution in [2.24, 2.45) is 5.73 Å². The van der Waals surface area contributed by atoms with E-state index in [0.717, 1.165) is 41.4 Å². The Labute approximate surface area is 111 Å². The maximum absolute atomic E-state index is 5.74. The van der Waals surface area contributed by atoms with Crippen LogP contribution in [0.2, 0.25) is 0 Å². The highest BCUT2D eigenvalue weighted by Crippen LogP contribution is 2.36. The normalized spacial score (nSPS) is 12.9. The minimum Gasteiger partial charge on any atom is -0.454 e. The zero-order chi connectivity index (χ0) is 13.2. The van der Waals surface area contributed by atoms with Gasteiger partial charge in [0.15, 0.2) is 11.5 Å². The second-order valence-corrected chi connectivity index (χ2v) is 4.38. The predicted octanol–water partition coefficient (Wildman–Crippen LogP) is 1.54. The second kappa shape index (κ2) is 4.89. The molecule has 1 aromatic carbocycles. The Morgan fingerprint density at radius 3 is 2.95 bits per heavy atom. The zero-order valence-corrected chi connectivity index (χ0v) is 10.8. The quantitative estimate of drug-likeness (QED) is 0.902. The molecule has 0 spiro atoms. The SMILES string of the molecule is CCCn1nnc(CN)c1-c1ccc2c(c1)OCO2. The van der Waals surface area contributed by atoms with Gasteiger partial charge in [-0.25, -0.2) is 4.68 Å². The van der Waals surface area contributed by atoms with E-state index in [-0.39, 0.29) is 6.79 Å². The summed E-state index contributed by atoms with van der Waals surface area (Å²) in [6.45, 7) is 3.56. The molecule has 6 heteroatoms. The maximum atomic E-state index is 5.74. The Balaban J connectivity index is 2.07. The van der Waals surface area contributed by atoms with Crippen molar-refractivity contribution in [1.29, 1.82) is 0 Å². The molecule has 0 amide bonds. The van der Waals surface area contributed by atoms with Crippen molar-refractivity contribution in [2.75, 3.05) is 6.79 Å². The summed E-state index contributed by atoms with van der Waals surface area (Å²) < 4.78 is 12.6. The Morgan fingerprint density at radius 2 is 2.16 bits per heavy atom. The number of hydrogen-bond acceptors (Lipinski definition) is 5. The molecule has 100 valence electrons. The van der Waals surface area contributed by atoms with Crippen molar-refractivity contribution in [3.8, 4) is 22.8 Å². The minimum absolute atomic E-state index is 0.273. The Bertz CT molecular complexity index is 594. The molecule has 2 aromatic rings. The first kappa shape index (κ1) is 12.0. The van der Waals surface area contributed by atoms with Crippen LogP contribution >= 0.6 is 0 Å². The highest BCUT2D eigenvalue weighted by molar-refractivity contribution is 5.66. The van der Waals surface area contributed by atoms with Crippen LogP contribution in [0.1, 0.15) is 19.0 Å². The monoisotopic (exact) mass is 260 g/mol. The fourth-order valence-corrected chi connectivity index (χ4v) is 2.21. The average molecular weight is 260 g/mol. The van der Waals surface area contributed by atoms with Gasteiger partial charge in [0.1, 0.15) is 5.69 Å². The summed E-state index contributed by atoms with van der Waals surface area (Å²) in [5.41, 5.74) is 8.50. The van der Waals surface area contributed by atoms with Gasteiger partial charge in [0, 0.05) is 18.7 Å². The number of benzene rings is 1. The summed E-state index contributed by atoms with van der Waals surface area (Å²) in [7, 11) is 0. The van der Waals surface area contributed by atoms with Gasteiger partial charge in [0.2, 0.25) is 6.79 Å². The predicted molar refractivity (Wildman–Crippen MR) is 69.8 cm³/mol. The lowest BCUT2D eigenvalue weighted by molar-refractivity contribution is 0.174. The molecule has 0 fully saturated rings. The molecule has 6 nitrogen and oxygen atoms in total. The molecule has 0 atom stereocenters. The molecular weight excluding hydrogens is 244 g/mol. The molecule has 0 bridgehead atoms. The van der Waals surface area contributed by atoms with Gasteiger partial charge in [-0.2, -0.15) is 0 Å². The van der Waals surface area contributed by atoms with Crippen LogP contribution in [-0.4, -0.2) is 21.8 Å². The van der Waals surface area contributed by atoms with E-state index >= 15 is 0 Å². The van der Waals surface area contributed by atoms with Crippen LogP contribution in [0.4, 0.5) is 0 Å². The number of hydrogen-bond donors (Lipinski definition) is 1. The lowest BCUT2D eigenvalue weighted by atomic mass is 10.1. The van der Waals surface area contributed by atoms with Crippen LogP contribution in [0.5, 0.6) is 11.5 Å². The summed E-state index contributed by atoms with van der Waals surface area (Å²) >= 11 is 0. The molecule has 0 saturated heterocycles. The van der Waals surface area contributed by atoms with Gasteiger partial charge in [-0.05, 0) is 24.6 Å². The first-order valence-electron chi connectivity index (χ1n) is 6.36. The van der Waals surface area contributed by atoms with E-state index in [1.165, 1.54) is 0 Å². The highest BCUT2D eigenvalue weighted by atomic mass is 16.7. The molecular formula is C13H16N4O2. The van der Waals surface area contributed by atoms with Crippen molar-refractivity contribution in [3.05, 3.63) is 23.9 Å². The summed E-state index contributed by atoms with van der Waals surface area (Å²) in [6.07, 6.45) is 0.991. The van der Waals surface area contributed by atoms with Gasteiger partial charge in [-0.15, -0.1) is 5.10 Å². The van der Waals surface area contributed by atoms with E-state index in [2.05, 4.69) is 17.2 Å². The Morgan fingerprint density at radius 1 is 1.32 bits per heavy atom.